The Hall–Kier alpha value is -6.56. The van der Waals surface area contributed by atoms with Crippen molar-refractivity contribution in [2.75, 3.05) is 10.0 Å². The first-order valence-electron chi connectivity index (χ1n) is 17.5. The molecule has 0 saturated heterocycles. The maximum atomic E-state index is 2.42. The van der Waals surface area contributed by atoms with E-state index in [1.165, 1.54) is 42.6 Å². The van der Waals surface area contributed by atoms with Gasteiger partial charge in [0.15, 0.2) is 8.07 Å². The quantitative estimate of drug-likeness (QED) is 0.131. The Morgan fingerprint density at radius 2 is 0.882 bits per heavy atom. The molecule has 0 radical (unpaired) electrons. The summed E-state index contributed by atoms with van der Waals surface area (Å²) in [5.74, 6) is 0. The number of benzene rings is 7. The van der Waals surface area contributed by atoms with Crippen molar-refractivity contribution in [1.82, 2.24) is 9.69 Å². The summed E-state index contributed by atoms with van der Waals surface area (Å²) in [5.41, 5.74) is 6.94. The monoisotopic (exact) mass is 670 g/mol. The highest BCUT2D eigenvalue weighted by Gasteiger charge is 2.41. The van der Waals surface area contributed by atoms with Gasteiger partial charge in [-0.15, -0.1) is 0 Å². The Morgan fingerprint density at radius 3 is 1.55 bits per heavy atom. The van der Waals surface area contributed by atoms with Crippen LogP contribution in [0.25, 0.3) is 27.5 Å². The van der Waals surface area contributed by atoms with Gasteiger partial charge in [-0.3, -0.25) is 0 Å². The molecule has 7 aromatic carbocycles. The lowest BCUT2D eigenvalue weighted by atomic mass is 10.1. The lowest BCUT2D eigenvalue weighted by Crippen LogP contribution is -2.74. The Balaban J connectivity index is 1.14. The summed E-state index contributed by atoms with van der Waals surface area (Å²) in [6.07, 6.45) is 8.37. The average Bonchev–Trinajstić information content (AvgIpc) is 3.72. The van der Waals surface area contributed by atoms with Crippen LogP contribution in [0.4, 0.5) is 17.1 Å². The van der Waals surface area contributed by atoms with E-state index in [-0.39, 0.29) is 0 Å². The molecule has 0 unspecified atom stereocenters. The molecule has 5 heteroatoms. The van der Waals surface area contributed by atoms with E-state index in [0.717, 1.165) is 22.7 Å². The SMILES string of the molecule is C1=CN2c3ccccc3N(c3ccc4c(c3)c3ccccc3n4-c3ccc([Si](c4ccccc4)(c4ccccc4)c4ccccc4)cc3)N2C=C1. The van der Waals surface area contributed by atoms with E-state index in [1.54, 1.807) is 0 Å². The van der Waals surface area contributed by atoms with E-state index in [2.05, 4.69) is 226 Å². The highest BCUT2D eigenvalue weighted by molar-refractivity contribution is 7.19. The molecule has 0 N–H and O–H groups in total. The Bertz CT molecular complexity index is 2500. The van der Waals surface area contributed by atoms with Gasteiger partial charge in [-0.1, -0.05) is 133 Å². The summed E-state index contributed by atoms with van der Waals surface area (Å²) in [5, 5.41) is 14.6. The van der Waals surface area contributed by atoms with Crippen molar-refractivity contribution in [2.45, 2.75) is 0 Å². The molecule has 0 atom stereocenters. The van der Waals surface area contributed by atoms with Gasteiger partial charge in [0.2, 0.25) is 0 Å². The van der Waals surface area contributed by atoms with Crippen molar-refractivity contribution in [3.05, 3.63) is 207 Å². The third-order valence-corrected chi connectivity index (χ3v) is 15.2. The number of hydrogen-bond acceptors (Lipinski definition) is 3. The minimum atomic E-state index is -2.61. The molecule has 4 nitrogen and oxygen atoms in total. The average molecular weight is 671 g/mol. The van der Waals surface area contributed by atoms with Crippen molar-refractivity contribution in [1.29, 1.82) is 0 Å². The zero-order chi connectivity index (χ0) is 33.8. The Kier molecular flexibility index (Phi) is 6.79. The standard InChI is InChI=1S/C46H34N4Si/c1-4-16-37(17-5-1)51(38-18-6-2-7-19-38,39-20-8-3-9-21-39)40-29-26-35(27-30-40)49-43-23-11-10-22-41(43)42-34-36(28-31-44(42)49)50-46-25-13-12-24-45(46)47-32-14-15-33-48(47)50/h1-34H. The van der Waals surface area contributed by atoms with Gasteiger partial charge in [0.25, 0.3) is 0 Å². The first-order chi connectivity index (χ1) is 25.3. The second-order valence-electron chi connectivity index (χ2n) is 13.1. The largest absolute Gasteiger partial charge is 0.309 e. The van der Waals surface area contributed by atoms with Gasteiger partial charge in [-0.25, -0.2) is 10.0 Å². The minimum absolute atomic E-state index is 1.11. The number of nitrogens with zero attached hydrogens (tertiary/aromatic N) is 4. The summed E-state index contributed by atoms with van der Waals surface area (Å²) in [4.78, 5) is 0. The number of anilines is 3. The summed E-state index contributed by atoms with van der Waals surface area (Å²) in [6.45, 7) is 0. The number of hydrazine groups is 2. The van der Waals surface area contributed by atoms with Gasteiger partial charge in [0, 0.05) is 28.9 Å². The highest BCUT2D eigenvalue weighted by atomic mass is 28.3. The van der Waals surface area contributed by atoms with E-state index in [9.17, 15) is 0 Å². The molecule has 0 amide bonds. The van der Waals surface area contributed by atoms with E-state index < -0.39 is 8.07 Å². The van der Waals surface area contributed by atoms with Crippen molar-refractivity contribution in [3.63, 3.8) is 0 Å². The van der Waals surface area contributed by atoms with Crippen LogP contribution in [0, 0.1) is 0 Å². The molecular formula is C46H34N4Si. The van der Waals surface area contributed by atoms with Crippen LogP contribution in [-0.2, 0) is 0 Å². The molecule has 2 aliphatic rings. The second-order valence-corrected chi connectivity index (χ2v) is 16.9. The van der Waals surface area contributed by atoms with Crippen LogP contribution in [-0.4, -0.2) is 17.8 Å². The molecule has 2 aliphatic heterocycles. The molecule has 8 aromatic rings. The van der Waals surface area contributed by atoms with Gasteiger partial charge < -0.3 is 4.57 Å². The molecule has 1 aromatic heterocycles. The number of aromatic nitrogens is 1. The third-order valence-electron chi connectivity index (χ3n) is 10.4. The van der Waals surface area contributed by atoms with Crippen LogP contribution in [0.2, 0.25) is 0 Å². The molecule has 242 valence electrons. The van der Waals surface area contributed by atoms with Crippen LogP contribution >= 0.6 is 0 Å². The van der Waals surface area contributed by atoms with Gasteiger partial charge in [-0.05, 0) is 81.4 Å². The lowest BCUT2D eigenvalue weighted by Gasteiger charge is -2.34. The topological polar surface area (TPSA) is 14.7 Å². The van der Waals surface area contributed by atoms with Gasteiger partial charge >= 0.3 is 0 Å². The van der Waals surface area contributed by atoms with Crippen LogP contribution in [0.3, 0.4) is 0 Å². The molecule has 0 aliphatic carbocycles. The van der Waals surface area contributed by atoms with Crippen LogP contribution in [0.15, 0.2) is 207 Å². The summed E-state index contributed by atoms with van der Waals surface area (Å²) in [7, 11) is -2.61. The Morgan fingerprint density at radius 1 is 0.373 bits per heavy atom. The lowest BCUT2D eigenvalue weighted by molar-refractivity contribution is 0.408. The van der Waals surface area contributed by atoms with Crippen molar-refractivity contribution in [3.8, 4) is 5.69 Å². The molecule has 0 bridgehead atoms. The normalized spacial score (nSPS) is 13.6. The van der Waals surface area contributed by atoms with Gasteiger partial charge in [-0.2, -0.15) is 5.12 Å². The molecular weight excluding hydrogens is 637 g/mol. The maximum Gasteiger partial charge on any atom is 0.179 e. The summed E-state index contributed by atoms with van der Waals surface area (Å²) < 4.78 is 2.42. The van der Waals surface area contributed by atoms with Gasteiger partial charge in [0.1, 0.15) is 0 Å². The fourth-order valence-corrected chi connectivity index (χ4v) is 13.0. The molecule has 0 fully saturated rings. The third kappa shape index (κ3) is 4.45. The molecule has 10 rings (SSSR count). The fourth-order valence-electron chi connectivity index (χ4n) is 8.25. The van der Waals surface area contributed by atoms with Crippen molar-refractivity contribution in [2.24, 2.45) is 0 Å². The predicted molar refractivity (Wildman–Crippen MR) is 216 cm³/mol. The molecule has 51 heavy (non-hydrogen) atoms. The number of para-hydroxylation sites is 3. The highest BCUT2D eigenvalue weighted by Crippen LogP contribution is 2.45. The van der Waals surface area contributed by atoms with Crippen LogP contribution < -0.4 is 30.8 Å². The van der Waals surface area contributed by atoms with E-state index in [0.29, 0.717) is 0 Å². The van der Waals surface area contributed by atoms with Crippen LogP contribution in [0.1, 0.15) is 0 Å². The first kappa shape index (κ1) is 29.4. The molecule has 0 saturated carbocycles. The number of hydrogen-bond donors (Lipinski definition) is 0. The van der Waals surface area contributed by atoms with Crippen molar-refractivity contribution >= 4 is 67.7 Å². The van der Waals surface area contributed by atoms with E-state index in [1.807, 2.05) is 0 Å². The number of fused-ring (bicyclic) bond motifs is 6. The molecule has 0 spiro atoms. The van der Waals surface area contributed by atoms with E-state index in [4.69, 9.17) is 0 Å². The van der Waals surface area contributed by atoms with Crippen molar-refractivity contribution < 1.29 is 0 Å². The maximum absolute atomic E-state index is 2.61. The van der Waals surface area contributed by atoms with Gasteiger partial charge in [0.05, 0.1) is 28.1 Å². The minimum Gasteiger partial charge on any atom is -0.309 e. The molecule has 3 heterocycles. The summed E-state index contributed by atoms with van der Waals surface area (Å²) >= 11 is 0. The first-order valence-corrected chi connectivity index (χ1v) is 19.5. The fraction of sp³-hybridized carbons (Fsp3) is 0. The van der Waals surface area contributed by atoms with E-state index >= 15 is 0 Å². The predicted octanol–water partition coefficient (Wildman–Crippen LogP) is 8.29. The Labute approximate surface area is 298 Å². The zero-order valence-corrected chi connectivity index (χ0v) is 28.9. The zero-order valence-electron chi connectivity index (χ0n) is 27.9. The summed E-state index contributed by atoms with van der Waals surface area (Å²) in [6, 6.07) is 67.0. The van der Waals surface area contributed by atoms with Crippen LogP contribution in [0.5, 0.6) is 0 Å². The smallest absolute Gasteiger partial charge is 0.179 e. The second kappa shape index (κ2) is 11.8. The number of allylic oxidation sites excluding steroid dienone is 2. The number of rotatable bonds is 6.